The van der Waals surface area contributed by atoms with E-state index in [-0.39, 0.29) is 28.2 Å². The summed E-state index contributed by atoms with van der Waals surface area (Å²) < 4.78 is 40.9. The summed E-state index contributed by atoms with van der Waals surface area (Å²) in [5, 5.41) is 0. The van der Waals surface area contributed by atoms with Crippen LogP contribution in [0.3, 0.4) is 0 Å². The Morgan fingerprint density at radius 1 is 1.04 bits per heavy atom. The molecule has 3 aromatic heterocycles. The van der Waals surface area contributed by atoms with Crippen LogP contribution in [0.15, 0.2) is 58.4 Å². The Bertz CT molecular complexity index is 1250. The number of para-hydroxylation sites is 1. The number of alkyl halides is 3. The normalized spacial score (nSPS) is 11.8. The number of fused-ring (bicyclic) bond motifs is 1. The van der Waals surface area contributed by atoms with Crippen molar-refractivity contribution < 1.29 is 13.2 Å². The molecule has 0 spiro atoms. The number of nitrogens with zero attached hydrogens (tertiary/aromatic N) is 3. The number of pyridine rings is 1. The highest BCUT2D eigenvalue weighted by Crippen LogP contribution is 2.34. The summed E-state index contributed by atoms with van der Waals surface area (Å²) in [4.78, 5) is 36.8. The quantitative estimate of drug-likeness (QED) is 0.564. The van der Waals surface area contributed by atoms with Crippen molar-refractivity contribution in [3.05, 3.63) is 75.2 Å². The first-order chi connectivity index (χ1) is 12.8. The Hall–Kier alpha value is -3.69. The maximum Gasteiger partial charge on any atom is 0.418 e. The summed E-state index contributed by atoms with van der Waals surface area (Å²) >= 11 is 0. The number of hydrogen-bond donors (Lipinski definition) is 2. The Morgan fingerprint density at radius 2 is 1.81 bits per heavy atom. The monoisotopic (exact) mass is 373 g/mol. The molecule has 0 unspecified atom stereocenters. The van der Waals surface area contributed by atoms with Crippen LogP contribution in [0.2, 0.25) is 0 Å². The van der Waals surface area contributed by atoms with E-state index in [2.05, 4.69) is 19.9 Å². The SMILES string of the molecule is O=c1ccc(-c2ncc3[nH]c(=O)n(-c4ccccc4C(F)(F)F)c3n2)c[nH]1. The minimum Gasteiger partial charge on any atom is -0.328 e. The maximum atomic E-state index is 13.4. The van der Waals surface area contributed by atoms with E-state index in [0.29, 0.717) is 5.56 Å². The molecule has 0 radical (unpaired) electrons. The molecular formula is C17H10F3N5O2. The van der Waals surface area contributed by atoms with E-state index in [4.69, 9.17) is 0 Å². The summed E-state index contributed by atoms with van der Waals surface area (Å²) in [5.74, 6) is 0.149. The average molecular weight is 373 g/mol. The third-order valence-electron chi connectivity index (χ3n) is 3.92. The van der Waals surface area contributed by atoms with Crippen molar-refractivity contribution in [1.82, 2.24) is 24.5 Å². The molecule has 1 aromatic carbocycles. The molecular weight excluding hydrogens is 363 g/mol. The van der Waals surface area contributed by atoms with Gasteiger partial charge in [-0.25, -0.2) is 19.3 Å². The molecule has 27 heavy (non-hydrogen) atoms. The second kappa shape index (κ2) is 5.94. The van der Waals surface area contributed by atoms with Crippen molar-refractivity contribution in [3.63, 3.8) is 0 Å². The van der Waals surface area contributed by atoms with Crippen LogP contribution in [0.4, 0.5) is 13.2 Å². The van der Waals surface area contributed by atoms with E-state index < -0.39 is 17.4 Å². The topological polar surface area (TPSA) is 96.4 Å². The van der Waals surface area contributed by atoms with Crippen molar-refractivity contribution in [2.45, 2.75) is 6.18 Å². The molecule has 0 fully saturated rings. The van der Waals surface area contributed by atoms with Gasteiger partial charge in [-0.05, 0) is 18.2 Å². The molecule has 0 amide bonds. The van der Waals surface area contributed by atoms with Crippen LogP contribution in [0, 0.1) is 0 Å². The van der Waals surface area contributed by atoms with Gasteiger partial charge in [-0.2, -0.15) is 13.2 Å². The molecule has 3 heterocycles. The van der Waals surface area contributed by atoms with Crippen LogP contribution >= 0.6 is 0 Å². The smallest absolute Gasteiger partial charge is 0.328 e. The molecule has 136 valence electrons. The molecule has 0 saturated heterocycles. The zero-order valence-electron chi connectivity index (χ0n) is 13.4. The van der Waals surface area contributed by atoms with Gasteiger partial charge in [0.25, 0.3) is 0 Å². The minimum atomic E-state index is -4.64. The van der Waals surface area contributed by atoms with Gasteiger partial charge in [-0.15, -0.1) is 0 Å². The molecule has 2 N–H and O–H groups in total. The molecule has 4 rings (SSSR count). The van der Waals surface area contributed by atoms with Crippen LogP contribution < -0.4 is 11.2 Å². The molecule has 0 saturated carbocycles. The summed E-state index contributed by atoms with van der Waals surface area (Å²) in [5.41, 5.74) is -1.77. The lowest BCUT2D eigenvalue weighted by Crippen LogP contribution is -2.19. The summed E-state index contributed by atoms with van der Waals surface area (Å²) in [7, 11) is 0. The van der Waals surface area contributed by atoms with Crippen molar-refractivity contribution in [2.24, 2.45) is 0 Å². The lowest BCUT2D eigenvalue weighted by atomic mass is 10.1. The molecule has 4 aromatic rings. The second-order valence-corrected chi connectivity index (χ2v) is 5.65. The van der Waals surface area contributed by atoms with E-state index in [1.165, 1.54) is 42.7 Å². The van der Waals surface area contributed by atoms with E-state index in [1.54, 1.807) is 0 Å². The lowest BCUT2D eigenvalue weighted by molar-refractivity contribution is -0.137. The summed E-state index contributed by atoms with van der Waals surface area (Å²) in [6.45, 7) is 0. The van der Waals surface area contributed by atoms with Crippen LogP contribution in [-0.4, -0.2) is 24.5 Å². The van der Waals surface area contributed by atoms with Gasteiger partial charge >= 0.3 is 11.9 Å². The zero-order chi connectivity index (χ0) is 19.2. The van der Waals surface area contributed by atoms with Gasteiger partial charge in [0, 0.05) is 17.8 Å². The first-order valence-electron chi connectivity index (χ1n) is 7.68. The van der Waals surface area contributed by atoms with Crippen LogP contribution in [0.25, 0.3) is 28.2 Å². The summed E-state index contributed by atoms with van der Waals surface area (Å²) in [6.07, 6.45) is -1.96. The fourth-order valence-corrected chi connectivity index (χ4v) is 2.72. The molecule has 0 aliphatic rings. The first-order valence-corrected chi connectivity index (χ1v) is 7.68. The van der Waals surface area contributed by atoms with E-state index in [0.717, 1.165) is 10.6 Å². The predicted molar refractivity (Wildman–Crippen MR) is 90.5 cm³/mol. The van der Waals surface area contributed by atoms with Crippen molar-refractivity contribution >= 4 is 11.2 Å². The Kier molecular flexibility index (Phi) is 3.69. The van der Waals surface area contributed by atoms with E-state index >= 15 is 0 Å². The largest absolute Gasteiger partial charge is 0.418 e. The molecule has 10 heteroatoms. The van der Waals surface area contributed by atoms with E-state index in [1.807, 2.05) is 0 Å². The highest BCUT2D eigenvalue weighted by molar-refractivity contribution is 5.75. The Balaban J connectivity index is 1.99. The number of imidazole rings is 1. The number of hydrogen-bond acceptors (Lipinski definition) is 4. The number of H-pyrrole nitrogens is 2. The maximum absolute atomic E-state index is 13.4. The van der Waals surface area contributed by atoms with Crippen molar-refractivity contribution in [1.29, 1.82) is 0 Å². The number of aromatic amines is 2. The van der Waals surface area contributed by atoms with Gasteiger partial charge < -0.3 is 9.97 Å². The average Bonchev–Trinajstić information content (AvgIpc) is 2.96. The van der Waals surface area contributed by atoms with Gasteiger partial charge in [0.05, 0.1) is 17.4 Å². The van der Waals surface area contributed by atoms with Gasteiger partial charge in [0.2, 0.25) is 5.56 Å². The van der Waals surface area contributed by atoms with Crippen LogP contribution in [0.1, 0.15) is 5.56 Å². The van der Waals surface area contributed by atoms with Crippen molar-refractivity contribution in [3.8, 4) is 17.1 Å². The fraction of sp³-hybridized carbons (Fsp3) is 0.0588. The van der Waals surface area contributed by atoms with Gasteiger partial charge in [-0.1, -0.05) is 12.1 Å². The zero-order valence-corrected chi connectivity index (χ0v) is 13.4. The van der Waals surface area contributed by atoms with E-state index in [9.17, 15) is 22.8 Å². The highest BCUT2D eigenvalue weighted by Gasteiger charge is 2.34. The predicted octanol–water partition coefficient (Wildman–Crippen LogP) is 2.48. The highest BCUT2D eigenvalue weighted by atomic mass is 19.4. The van der Waals surface area contributed by atoms with Gasteiger partial charge in [0.15, 0.2) is 11.5 Å². The second-order valence-electron chi connectivity index (χ2n) is 5.65. The molecule has 7 nitrogen and oxygen atoms in total. The summed E-state index contributed by atoms with van der Waals surface area (Å²) in [6, 6.07) is 7.47. The number of nitrogens with one attached hydrogen (secondary N) is 2. The fourth-order valence-electron chi connectivity index (χ4n) is 2.72. The first kappa shape index (κ1) is 16.8. The number of benzene rings is 1. The number of aromatic nitrogens is 5. The number of rotatable bonds is 2. The molecule has 0 aliphatic heterocycles. The van der Waals surface area contributed by atoms with Gasteiger partial charge in [0.1, 0.15) is 5.52 Å². The lowest BCUT2D eigenvalue weighted by Gasteiger charge is -2.13. The number of halogens is 3. The third kappa shape index (κ3) is 2.90. The Morgan fingerprint density at radius 3 is 2.52 bits per heavy atom. The minimum absolute atomic E-state index is 0.00657. The molecule has 0 atom stereocenters. The molecule has 0 bridgehead atoms. The Labute approximate surface area is 148 Å². The molecule has 0 aliphatic carbocycles. The van der Waals surface area contributed by atoms with Crippen LogP contribution in [0.5, 0.6) is 0 Å². The standard InChI is InChI=1S/C17H10F3N5O2/c18-17(19,20)10-3-1-2-4-12(10)25-15-11(23-16(25)27)8-22-14(24-15)9-5-6-13(26)21-7-9/h1-8H,(H,21,26)(H,23,27). The van der Waals surface area contributed by atoms with Gasteiger partial charge in [-0.3, -0.25) is 4.79 Å². The third-order valence-corrected chi connectivity index (χ3v) is 3.92. The van der Waals surface area contributed by atoms with Crippen molar-refractivity contribution in [2.75, 3.05) is 0 Å². The van der Waals surface area contributed by atoms with Crippen LogP contribution in [-0.2, 0) is 6.18 Å².